The molecule has 0 unspecified atom stereocenters. The number of nitrogens with one attached hydrogen (secondary N) is 1. The maximum atomic E-state index is 11.6. The van der Waals surface area contributed by atoms with Crippen LogP contribution >= 0.6 is 23.1 Å². The lowest BCUT2D eigenvalue weighted by Crippen LogP contribution is -2.30. The van der Waals surface area contributed by atoms with Crippen LogP contribution in [0.15, 0.2) is 52.7 Å². The van der Waals surface area contributed by atoms with Gasteiger partial charge in [-0.2, -0.15) is 0 Å². The fourth-order valence-corrected chi connectivity index (χ4v) is 3.15. The molecule has 1 aromatic heterocycles. The summed E-state index contributed by atoms with van der Waals surface area (Å²) in [4.78, 5) is 25.2. The summed E-state index contributed by atoms with van der Waals surface area (Å²) in [6.07, 6.45) is 3.00. The zero-order chi connectivity index (χ0) is 17.2. The number of esters is 1. The van der Waals surface area contributed by atoms with Crippen molar-refractivity contribution in [2.45, 2.75) is 11.8 Å². The number of amides is 1. The summed E-state index contributed by atoms with van der Waals surface area (Å²) in [7, 11) is 0. The van der Waals surface area contributed by atoms with Crippen LogP contribution in [0.25, 0.3) is 6.08 Å². The van der Waals surface area contributed by atoms with Crippen molar-refractivity contribution >= 4 is 41.1 Å². The van der Waals surface area contributed by atoms with Gasteiger partial charge in [0.05, 0.1) is 0 Å². The second-order valence-corrected chi connectivity index (χ2v) is 7.12. The highest BCUT2D eigenvalue weighted by atomic mass is 32.2. The van der Waals surface area contributed by atoms with E-state index in [0.29, 0.717) is 6.54 Å². The van der Waals surface area contributed by atoms with E-state index in [4.69, 9.17) is 4.74 Å². The van der Waals surface area contributed by atoms with Crippen molar-refractivity contribution in [2.75, 3.05) is 18.9 Å². The normalized spacial score (nSPS) is 10.7. The summed E-state index contributed by atoms with van der Waals surface area (Å²) >= 11 is 3.20. The van der Waals surface area contributed by atoms with Crippen LogP contribution in [0.2, 0.25) is 0 Å². The Morgan fingerprint density at radius 2 is 2.04 bits per heavy atom. The molecule has 1 amide bonds. The minimum Gasteiger partial charge on any atom is -0.452 e. The Balaban J connectivity index is 1.57. The van der Waals surface area contributed by atoms with Crippen LogP contribution in [-0.2, 0) is 14.3 Å². The lowest BCUT2D eigenvalue weighted by Gasteiger charge is -2.05. The van der Waals surface area contributed by atoms with Crippen molar-refractivity contribution < 1.29 is 14.3 Å². The number of benzene rings is 1. The third-order valence-corrected chi connectivity index (χ3v) is 4.84. The van der Waals surface area contributed by atoms with Gasteiger partial charge in [0.25, 0.3) is 5.91 Å². The van der Waals surface area contributed by atoms with Gasteiger partial charge in [0, 0.05) is 28.1 Å². The topological polar surface area (TPSA) is 55.4 Å². The van der Waals surface area contributed by atoms with E-state index >= 15 is 0 Å². The van der Waals surface area contributed by atoms with Crippen molar-refractivity contribution in [2.24, 2.45) is 0 Å². The molecule has 126 valence electrons. The number of thiophene rings is 1. The molecule has 0 atom stereocenters. The van der Waals surface area contributed by atoms with Gasteiger partial charge < -0.3 is 10.1 Å². The Hall–Kier alpha value is -2.05. The number of carbonyl (C=O) groups excluding carboxylic acids is 2. The highest BCUT2D eigenvalue weighted by molar-refractivity contribution is 7.99. The van der Waals surface area contributed by atoms with Crippen molar-refractivity contribution in [3.05, 3.63) is 58.3 Å². The summed E-state index contributed by atoms with van der Waals surface area (Å²) in [5.74, 6) is -0.0499. The lowest BCUT2D eigenvalue weighted by molar-refractivity contribution is -0.143. The molecule has 0 aliphatic heterocycles. The monoisotopic (exact) mass is 361 g/mol. The first-order valence-electron chi connectivity index (χ1n) is 7.48. The average molecular weight is 361 g/mol. The Bertz CT molecular complexity index is 679. The molecule has 0 spiro atoms. The van der Waals surface area contributed by atoms with Crippen molar-refractivity contribution in [1.29, 1.82) is 0 Å². The second kappa shape index (κ2) is 9.95. The van der Waals surface area contributed by atoms with Crippen molar-refractivity contribution in [1.82, 2.24) is 5.32 Å². The van der Waals surface area contributed by atoms with Gasteiger partial charge in [0.1, 0.15) is 0 Å². The van der Waals surface area contributed by atoms with Crippen LogP contribution in [0.5, 0.6) is 0 Å². The van der Waals surface area contributed by atoms with Crippen LogP contribution in [0.4, 0.5) is 0 Å². The summed E-state index contributed by atoms with van der Waals surface area (Å²) in [6.45, 7) is 2.31. The third kappa shape index (κ3) is 7.02. The fourth-order valence-electron chi connectivity index (χ4n) is 1.77. The highest BCUT2D eigenvalue weighted by Gasteiger charge is 2.04. The molecule has 0 radical (unpaired) electrons. The first-order chi connectivity index (χ1) is 11.6. The number of rotatable bonds is 8. The SMILES string of the molecule is Cc1ccc(SCCNC(=O)COC(=O)/C=C/c2cccs2)cc1. The van der Waals surface area contributed by atoms with Gasteiger partial charge in [-0.25, -0.2) is 4.79 Å². The molecule has 0 fully saturated rings. The summed E-state index contributed by atoms with van der Waals surface area (Å²) < 4.78 is 4.89. The minimum absolute atomic E-state index is 0.261. The molecule has 0 saturated carbocycles. The standard InChI is InChI=1S/C18H19NO3S2/c1-14-4-6-16(7-5-14)24-12-10-19-17(20)13-22-18(21)9-8-15-3-2-11-23-15/h2-9,11H,10,12-13H2,1H3,(H,19,20)/b9-8+. The van der Waals surface area contributed by atoms with E-state index in [9.17, 15) is 9.59 Å². The number of hydrogen-bond donors (Lipinski definition) is 1. The number of thioether (sulfide) groups is 1. The number of ether oxygens (including phenoxy) is 1. The van der Waals surface area contributed by atoms with Crippen molar-refractivity contribution in [3.63, 3.8) is 0 Å². The first-order valence-corrected chi connectivity index (χ1v) is 9.34. The molecule has 1 aromatic carbocycles. The Morgan fingerprint density at radius 1 is 1.25 bits per heavy atom. The zero-order valence-corrected chi connectivity index (χ0v) is 15.0. The number of hydrogen-bond acceptors (Lipinski definition) is 5. The predicted molar refractivity (Wildman–Crippen MR) is 99.2 cm³/mol. The summed E-state index contributed by atoms with van der Waals surface area (Å²) in [6, 6.07) is 12.0. The minimum atomic E-state index is -0.521. The molecule has 0 bridgehead atoms. The summed E-state index contributed by atoms with van der Waals surface area (Å²) in [5, 5.41) is 4.65. The van der Waals surface area contributed by atoms with Crippen LogP contribution < -0.4 is 5.32 Å². The van der Waals surface area contributed by atoms with Gasteiger partial charge in [-0.1, -0.05) is 23.8 Å². The van der Waals surface area contributed by atoms with E-state index in [1.807, 2.05) is 24.4 Å². The molecule has 1 N–H and O–H groups in total. The highest BCUT2D eigenvalue weighted by Crippen LogP contribution is 2.17. The van der Waals surface area contributed by atoms with Gasteiger partial charge in [0.15, 0.2) is 6.61 Å². The maximum absolute atomic E-state index is 11.6. The Labute approximate surface area is 149 Å². The molecule has 1 heterocycles. The average Bonchev–Trinajstić information content (AvgIpc) is 3.10. The molecule has 24 heavy (non-hydrogen) atoms. The number of carbonyl (C=O) groups is 2. The third-order valence-electron chi connectivity index (χ3n) is 2.99. The molecule has 6 heteroatoms. The molecule has 4 nitrogen and oxygen atoms in total. The quantitative estimate of drug-likeness (QED) is 0.338. The van der Waals surface area contributed by atoms with Crippen molar-refractivity contribution in [3.8, 4) is 0 Å². The zero-order valence-electron chi connectivity index (χ0n) is 13.4. The van der Waals surface area contributed by atoms with Crippen LogP contribution in [0, 0.1) is 6.92 Å². The number of aryl methyl sites for hydroxylation is 1. The smallest absolute Gasteiger partial charge is 0.331 e. The molecule has 0 aliphatic rings. The van der Waals surface area contributed by atoms with E-state index in [1.54, 1.807) is 17.8 Å². The van der Waals surface area contributed by atoms with E-state index in [2.05, 4.69) is 29.6 Å². The lowest BCUT2D eigenvalue weighted by atomic mass is 10.2. The van der Waals surface area contributed by atoms with Crippen LogP contribution in [0.3, 0.4) is 0 Å². The fraction of sp³-hybridized carbons (Fsp3) is 0.222. The predicted octanol–water partition coefficient (Wildman–Crippen LogP) is 3.52. The Kier molecular flexibility index (Phi) is 7.58. The maximum Gasteiger partial charge on any atom is 0.331 e. The molecular weight excluding hydrogens is 342 g/mol. The van der Waals surface area contributed by atoms with E-state index in [0.717, 1.165) is 10.6 Å². The first kappa shape index (κ1) is 18.3. The largest absolute Gasteiger partial charge is 0.452 e. The molecule has 0 saturated heterocycles. The van der Waals surface area contributed by atoms with Gasteiger partial charge >= 0.3 is 5.97 Å². The van der Waals surface area contributed by atoms with Gasteiger partial charge in [0.2, 0.25) is 0 Å². The Morgan fingerprint density at radius 3 is 2.75 bits per heavy atom. The van der Waals surface area contributed by atoms with Crippen LogP contribution in [-0.4, -0.2) is 30.8 Å². The molecular formula is C18H19NO3S2. The second-order valence-electron chi connectivity index (χ2n) is 4.97. The van der Waals surface area contributed by atoms with E-state index in [-0.39, 0.29) is 12.5 Å². The van der Waals surface area contributed by atoms with Crippen LogP contribution in [0.1, 0.15) is 10.4 Å². The van der Waals surface area contributed by atoms with E-state index in [1.165, 1.54) is 27.9 Å². The van der Waals surface area contributed by atoms with Gasteiger partial charge in [-0.15, -0.1) is 23.1 Å². The van der Waals surface area contributed by atoms with E-state index < -0.39 is 5.97 Å². The van der Waals surface area contributed by atoms with Gasteiger partial charge in [-0.3, -0.25) is 4.79 Å². The molecule has 2 aromatic rings. The molecule has 2 rings (SSSR count). The summed E-state index contributed by atoms with van der Waals surface area (Å²) in [5.41, 5.74) is 1.22. The molecule has 0 aliphatic carbocycles. The van der Waals surface area contributed by atoms with Gasteiger partial charge in [-0.05, 0) is 36.6 Å².